The van der Waals surface area contributed by atoms with E-state index in [0.29, 0.717) is 0 Å². The summed E-state index contributed by atoms with van der Waals surface area (Å²) in [7, 11) is 0. The maximum atomic E-state index is 6.00. The molecule has 1 fully saturated rings. The Labute approximate surface area is 137 Å². The molecular formula is C19H21ClN2. The van der Waals surface area contributed by atoms with Gasteiger partial charge in [0.15, 0.2) is 0 Å². The molecule has 1 aliphatic rings. The molecule has 1 heterocycles. The molecule has 114 valence electrons. The summed E-state index contributed by atoms with van der Waals surface area (Å²) in [5.74, 6) is 0. The number of hydrogen-bond acceptors (Lipinski definition) is 2. The minimum absolute atomic E-state index is 0.790. The Morgan fingerprint density at radius 3 is 2.41 bits per heavy atom. The molecule has 0 spiro atoms. The first-order chi connectivity index (χ1) is 10.8. The van der Waals surface area contributed by atoms with Gasteiger partial charge in [0, 0.05) is 43.4 Å². The van der Waals surface area contributed by atoms with Gasteiger partial charge in [-0.1, -0.05) is 54.1 Å². The first-order valence-electron chi connectivity index (χ1n) is 7.76. The first kappa shape index (κ1) is 15.1. The van der Waals surface area contributed by atoms with E-state index in [-0.39, 0.29) is 0 Å². The van der Waals surface area contributed by atoms with Crippen LogP contribution < -0.4 is 4.90 Å². The van der Waals surface area contributed by atoms with E-state index in [1.54, 1.807) is 0 Å². The summed E-state index contributed by atoms with van der Waals surface area (Å²) in [6.45, 7) is 5.39. The average Bonchev–Trinajstić information content (AvgIpc) is 2.56. The summed E-state index contributed by atoms with van der Waals surface area (Å²) >= 11 is 6.00. The van der Waals surface area contributed by atoms with Crippen LogP contribution in [0.2, 0.25) is 5.02 Å². The Morgan fingerprint density at radius 1 is 0.909 bits per heavy atom. The smallest absolute Gasteiger partial charge is 0.0411 e. The Morgan fingerprint density at radius 2 is 1.68 bits per heavy atom. The molecule has 0 amide bonds. The molecule has 1 saturated heterocycles. The van der Waals surface area contributed by atoms with Crippen LogP contribution in [0.4, 0.5) is 5.69 Å². The fourth-order valence-electron chi connectivity index (χ4n) is 2.78. The molecule has 2 aromatic carbocycles. The van der Waals surface area contributed by atoms with Gasteiger partial charge < -0.3 is 4.90 Å². The molecule has 0 N–H and O–H groups in total. The Balaban J connectivity index is 1.48. The van der Waals surface area contributed by atoms with Gasteiger partial charge in [-0.05, 0) is 29.8 Å². The Kier molecular flexibility index (Phi) is 5.15. The highest BCUT2D eigenvalue weighted by Crippen LogP contribution is 2.16. The van der Waals surface area contributed by atoms with Crippen LogP contribution in [0.25, 0.3) is 6.08 Å². The van der Waals surface area contributed by atoms with Crippen LogP contribution in [-0.4, -0.2) is 37.6 Å². The van der Waals surface area contributed by atoms with Crippen LogP contribution in [-0.2, 0) is 0 Å². The summed E-state index contributed by atoms with van der Waals surface area (Å²) in [5, 5.41) is 0.790. The van der Waals surface area contributed by atoms with Gasteiger partial charge in [0.25, 0.3) is 0 Å². The number of piperazine rings is 1. The predicted molar refractivity (Wildman–Crippen MR) is 95.6 cm³/mol. The van der Waals surface area contributed by atoms with Crippen molar-refractivity contribution >= 4 is 23.4 Å². The lowest BCUT2D eigenvalue weighted by atomic mass is 10.2. The van der Waals surface area contributed by atoms with Crippen LogP contribution in [0.15, 0.2) is 60.7 Å². The molecule has 22 heavy (non-hydrogen) atoms. The Hall–Kier alpha value is -1.77. The second-order valence-corrected chi connectivity index (χ2v) is 6.02. The third kappa shape index (κ3) is 4.12. The van der Waals surface area contributed by atoms with E-state index < -0.39 is 0 Å². The molecule has 0 radical (unpaired) electrons. The first-order valence-corrected chi connectivity index (χ1v) is 8.13. The summed E-state index contributed by atoms with van der Waals surface area (Å²) in [6.07, 6.45) is 4.37. The molecule has 0 aliphatic carbocycles. The highest BCUT2D eigenvalue weighted by Gasteiger charge is 2.15. The van der Waals surface area contributed by atoms with Gasteiger partial charge in [-0.15, -0.1) is 0 Å². The standard InChI is InChI=1S/C19H21ClN2/c20-18-8-4-6-17(16-18)7-5-11-21-12-14-22(15-13-21)19-9-2-1-3-10-19/h1-10,16H,11-15H2/b7-5+. The van der Waals surface area contributed by atoms with Crippen molar-refractivity contribution in [1.82, 2.24) is 4.90 Å². The van der Waals surface area contributed by atoms with Crippen molar-refractivity contribution in [2.24, 2.45) is 0 Å². The summed E-state index contributed by atoms with van der Waals surface area (Å²) < 4.78 is 0. The molecule has 2 nitrogen and oxygen atoms in total. The van der Waals surface area contributed by atoms with Gasteiger partial charge in [-0.3, -0.25) is 4.90 Å². The maximum Gasteiger partial charge on any atom is 0.0411 e. The predicted octanol–water partition coefficient (Wildman–Crippen LogP) is 4.18. The monoisotopic (exact) mass is 312 g/mol. The lowest BCUT2D eigenvalue weighted by Gasteiger charge is -2.35. The number of rotatable bonds is 4. The number of para-hydroxylation sites is 1. The average molecular weight is 313 g/mol. The summed E-state index contributed by atoms with van der Waals surface area (Å²) in [6, 6.07) is 18.6. The zero-order chi connectivity index (χ0) is 15.2. The molecule has 0 saturated carbocycles. The molecule has 2 aromatic rings. The molecule has 1 aliphatic heterocycles. The third-order valence-corrected chi connectivity index (χ3v) is 4.25. The number of benzene rings is 2. The molecule has 0 atom stereocenters. The van der Waals surface area contributed by atoms with Crippen molar-refractivity contribution < 1.29 is 0 Å². The third-order valence-electron chi connectivity index (χ3n) is 4.02. The van der Waals surface area contributed by atoms with E-state index in [4.69, 9.17) is 11.6 Å². The second kappa shape index (κ2) is 7.48. The minimum Gasteiger partial charge on any atom is -0.369 e. The van der Waals surface area contributed by atoms with E-state index in [9.17, 15) is 0 Å². The fourth-order valence-corrected chi connectivity index (χ4v) is 2.97. The van der Waals surface area contributed by atoms with Gasteiger partial charge >= 0.3 is 0 Å². The van der Waals surface area contributed by atoms with E-state index in [1.807, 2.05) is 18.2 Å². The fraction of sp³-hybridized carbons (Fsp3) is 0.263. The highest BCUT2D eigenvalue weighted by atomic mass is 35.5. The van der Waals surface area contributed by atoms with Gasteiger partial charge in [0.05, 0.1) is 0 Å². The minimum atomic E-state index is 0.790. The SMILES string of the molecule is Clc1cccc(/C=C/CN2CCN(c3ccccc3)CC2)c1. The quantitative estimate of drug-likeness (QED) is 0.836. The van der Waals surface area contributed by atoms with Crippen molar-refractivity contribution in [3.8, 4) is 0 Å². The number of hydrogen-bond donors (Lipinski definition) is 0. The number of halogens is 1. The summed E-state index contributed by atoms with van der Waals surface area (Å²) in [5.41, 5.74) is 2.49. The largest absolute Gasteiger partial charge is 0.369 e. The topological polar surface area (TPSA) is 6.48 Å². The molecular weight excluding hydrogens is 292 g/mol. The molecule has 0 aromatic heterocycles. The molecule has 0 unspecified atom stereocenters. The van der Waals surface area contributed by atoms with Gasteiger partial charge in [-0.25, -0.2) is 0 Å². The Bertz CT molecular complexity index is 616. The van der Waals surface area contributed by atoms with E-state index in [2.05, 4.69) is 58.4 Å². The van der Waals surface area contributed by atoms with Gasteiger partial charge in [0.1, 0.15) is 0 Å². The van der Waals surface area contributed by atoms with E-state index in [0.717, 1.165) is 43.3 Å². The van der Waals surface area contributed by atoms with Crippen molar-refractivity contribution in [1.29, 1.82) is 0 Å². The van der Waals surface area contributed by atoms with Crippen molar-refractivity contribution in [2.75, 3.05) is 37.6 Å². The van der Waals surface area contributed by atoms with E-state index >= 15 is 0 Å². The zero-order valence-electron chi connectivity index (χ0n) is 12.7. The van der Waals surface area contributed by atoms with Crippen LogP contribution in [0.1, 0.15) is 5.56 Å². The normalized spacial score (nSPS) is 16.3. The van der Waals surface area contributed by atoms with Gasteiger partial charge in [-0.2, -0.15) is 0 Å². The molecule has 3 heteroatoms. The molecule has 3 rings (SSSR count). The summed E-state index contributed by atoms with van der Waals surface area (Å²) in [4.78, 5) is 4.94. The van der Waals surface area contributed by atoms with Crippen LogP contribution in [0, 0.1) is 0 Å². The van der Waals surface area contributed by atoms with Crippen LogP contribution in [0.3, 0.4) is 0 Å². The second-order valence-electron chi connectivity index (χ2n) is 5.58. The lowest BCUT2D eigenvalue weighted by Crippen LogP contribution is -2.46. The zero-order valence-corrected chi connectivity index (χ0v) is 13.4. The van der Waals surface area contributed by atoms with Crippen molar-refractivity contribution in [2.45, 2.75) is 0 Å². The van der Waals surface area contributed by atoms with Crippen LogP contribution >= 0.6 is 11.6 Å². The maximum absolute atomic E-state index is 6.00. The van der Waals surface area contributed by atoms with Gasteiger partial charge in [0.2, 0.25) is 0 Å². The highest BCUT2D eigenvalue weighted by molar-refractivity contribution is 6.30. The van der Waals surface area contributed by atoms with Crippen molar-refractivity contribution in [3.05, 3.63) is 71.3 Å². The molecule has 0 bridgehead atoms. The van der Waals surface area contributed by atoms with E-state index in [1.165, 1.54) is 5.69 Å². The number of anilines is 1. The van der Waals surface area contributed by atoms with Crippen molar-refractivity contribution in [3.63, 3.8) is 0 Å². The van der Waals surface area contributed by atoms with Crippen LogP contribution in [0.5, 0.6) is 0 Å². The number of nitrogens with zero attached hydrogens (tertiary/aromatic N) is 2. The lowest BCUT2D eigenvalue weighted by molar-refractivity contribution is 0.284.